The van der Waals surface area contributed by atoms with Crippen LogP contribution in [0.4, 0.5) is 0 Å². The fourth-order valence-corrected chi connectivity index (χ4v) is 2.59. The lowest BCUT2D eigenvalue weighted by atomic mass is 10.1. The SMILES string of the molecule is O=c1c2ccccc2nnn1CCN1CCCCC1. The standard InChI is InChI=1S/C14H18N4O/c19-14-12-6-2-3-7-13(12)15-16-18(14)11-10-17-8-4-1-5-9-17/h2-3,6-7H,1,4-5,8-11H2. The van der Waals surface area contributed by atoms with Gasteiger partial charge in [-0.25, -0.2) is 4.68 Å². The number of benzene rings is 1. The van der Waals surface area contributed by atoms with Crippen LogP contribution < -0.4 is 5.56 Å². The second-order valence-electron chi connectivity index (χ2n) is 5.04. The van der Waals surface area contributed by atoms with Crippen molar-refractivity contribution in [1.82, 2.24) is 19.9 Å². The van der Waals surface area contributed by atoms with E-state index in [1.807, 2.05) is 24.3 Å². The molecule has 0 amide bonds. The highest BCUT2D eigenvalue weighted by atomic mass is 16.1. The van der Waals surface area contributed by atoms with E-state index in [1.165, 1.54) is 23.9 Å². The summed E-state index contributed by atoms with van der Waals surface area (Å²) < 4.78 is 1.48. The fourth-order valence-electron chi connectivity index (χ4n) is 2.59. The summed E-state index contributed by atoms with van der Waals surface area (Å²) in [7, 11) is 0. The van der Waals surface area contributed by atoms with E-state index in [1.54, 1.807) is 0 Å². The minimum absolute atomic E-state index is 0.0393. The first kappa shape index (κ1) is 12.3. The lowest BCUT2D eigenvalue weighted by Crippen LogP contribution is -2.35. The molecule has 3 rings (SSSR count). The lowest BCUT2D eigenvalue weighted by Gasteiger charge is -2.26. The molecule has 1 aliphatic rings. The van der Waals surface area contributed by atoms with Crippen molar-refractivity contribution < 1.29 is 0 Å². The predicted octanol–water partition coefficient (Wildman–Crippen LogP) is 1.28. The number of hydrogen-bond donors (Lipinski definition) is 0. The second-order valence-corrected chi connectivity index (χ2v) is 5.04. The molecule has 100 valence electrons. The first-order chi connectivity index (χ1) is 9.34. The van der Waals surface area contributed by atoms with Crippen LogP contribution in [0.2, 0.25) is 0 Å². The molecule has 1 aromatic heterocycles. The maximum absolute atomic E-state index is 12.2. The van der Waals surface area contributed by atoms with Crippen LogP contribution in [0.25, 0.3) is 10.9 Å². The molecular weight excluding hydrogens is 240 g/mol. The van der Waals surface area contributed by atoms with Crippen LogP contribution in [0.5, 0.6) is 0 Å². The number of piperidine rings is 1. The van der Waals surface area contributed by atoms with Crippen LogP contribution in [0.1, 0.15) is 19.3 Å². The van der Waals surface area contributed by atoms with Crippen molar-refractivity contribution in [3.63, 3.8) is 0 Å². The van der Waals surface area contributed by atoms with Gasteiger partial charge < -0.3 is 4.90 Å². The smallest absolute Gasteiger partial charge is 0.277 e. The average molecular weight is 258 g/mol. The van der Waals surface area contributed by atoms with Crippen LogP contribution in [-0.2, 0) is 6.54 Å². The number of likely N-dealkylation sites (tertiary alicyclic amines) is 1. The van der Waals surface area contributed by atoms with E-state index in [-0.39, 0.29) is 5.56 Å². The normalized spacial score (nSPS) is 16.8. The number of fused-ring (bicyclic) bond motifs is 1. The van der Waals surface area contributed by atoms with Gasteiger partial charge in [0, 0.05) is 6.54 Å². The number of nitrogens with zero attached hydrogens (tertiary/aromatic N) is 4. The van der Waals surface area contributed by atoms with Gasteiger partial charge in [0.25, 0.3) is 5.56 Å². The Morgan fingerprint density at radius 1 is 1.05 bits per heavy atom. The van der Waals surface area contributed by atoms with Crippen molar-refractivity contribution >= 4 is 10.9 Å². The van der Waals surface area contributed by atoms with Gasteiger partial charge in [-0.05, 0) is 38.1 Å². The summed E-state index contributed by atoms with van der Waals surface area (Å²) in [6.07, 6.45) is 3.85. The van der Waals surface area contributed by atoms with Gasteiger partial charge in [-0.15, -0.1) is 5.10 Å². The third-order valence-corrected chi connectivity index (χ3v) is 3.71. The van der Waals surface area contributed by atoms with Crippen LogP contribution in [0.3, 0.4) is 0 Å². The van der Waals surface area contributed by atoms with E-state index >= 15 is 0 Å². The Labute approximate surface area is 111 Å². The Hall–Kier alpha value is -1.75. The third-order valence-electron chi connectivity index (χ3n) is 3.71. The number of rotatable bonds is 3. The molecule has 0 N–H and O–H groups in total. The molecule has 0 radical (unpaired) electrons. The van der Waals surface area contributed by atoms with E-state index in [0.717, 1.165) is 19.6 Å². The number of aromatic nitrogens is 3. The fraction of sp³-hybridized carbons (Fsp3) is 0.500. The molecule has 5 heteroatoms. The monoisotopic (exact) mass is 258 g/mol. The molecule has 19 heavy (non-hydrogen) atoms. The minimum atomic E-state index is -0.0393. The van der Waals surface area contributed by atoms with Gasteiger partial charge in [-0.1, -0.05) is 23.8 Å². The zero-order valence-electron chi connectivity index (χ0n) is 11.0. The zero-order chi connectivity index (χ0) is 13.1. The van der Waals surface area contributed by atoms with Gasteiger partial charge in [-0.2, -0.15) is 0 Å². The minimum Gasteiger partial charge on any atom is -0.301 e. The largest absolute Gasteiger partial charge is 0.301 e. The van der Waals surface area contributed by atoms with E-state index in [4.69, 9.17) is 0 Å². The first-order valence-corrected chi connectivity index (χ1v) is 6.89. The van der Waals surface area contributed by atoms with Crippen LogP contribution in [0, 0.1) is 0 Å². The Bertz CT molecular complexity index is 616. The quantitative estimate of drug-likeness (QED) is 0.832. The van der Waals surface area contributed by atoms with E-state index in [9.17, 15) is 4.79 Å². The zero-order valence-corrected chi connectivity index (χ0v) is 11.0. The molecule has 0 aliphatic carbocycles. The third kappa shape index (κ3) is 2.66. The van der Waals surface area contributed by atoms with Gasteiger partial charge in [0.15, 0.2) is 0 Å². The molecule has 0 atom stereocenters. The van der Waals surface area contributed by atoms with Crippen molar-refractivity contribution in [3.05, 3.63) is 34.6 Å². The predicted molar refractivity (Wildman–Crippen MR) is 74.1 cm³/mol. The highest BCUT2D eigenvalue weighted by Crippen LogP contribution is 2.08. The van der Waals surface area contributed by atoms with Crippen molar-refractivity contribution in [1.29, 1.82) is 0 Å². The molecule has 1 aromatic carbocycles. The summed E-state index contributed by atoms with van der Waals surface area (Å²) in [6.45, 7) is 3.77. The molecule has 0 unspecified atom stereocenters. The van der Waals surface area contributed by atoms with Gasteiger partial charge in [-0.3, -0.25) is 4.79 Å². The van der Waals surface area contributed by atoms with Crippen molar-refractivity contribution in [2.24, 2.45) is 0 Å². The summed E-state index contributed by atoms with van der Waals surface area (Å²) in [5.41, 5.74) is 0.629. The van der Waals surface area contributed by atoms with Gasteiger partial charge >= 0.3 is 0 Å². The lowest BCUT2D eigenvalue weighted by molar-refractivity contribution is 0.215. The summed E-state index contributed by atoms with van der Waals surface area (Å²) in [5.74, 6) is 0. The Morgan fingerprint density at radius 3 is 2.68 bits per heavy atom. The Morgan fingerprint density at radius 2 is 1.84 bits per heavy atom. The molecular formula is C14H18N4O. The molecule has 5 nitrogen and oxygen atoms in total. The van der Waals surface area contributed by atoms with Gasteiger partial charge in [0.05, 0.1) is 11.9 Å². The topological polar surface area (TPSA) is 51.0 Å². The average Bonchev–Trinajstić information content (AvgIpc) is 2.48. The van der Waals surface area contributed by atoms with Crippen molar-refractivity contribution in [2.45, 2.75) is 25.8 Å². The molecule has 2 aromatic rings. The second kappa shape index (κ2) is 5.48. The van der Waals surface area contributed by atoms with Crippen LogP contribution in [0.15, 0.2) is 29.1 Å². The summed E-state index contributed by atoms with van der Waals surface area (Å²) in [6, 6.07) is 7.36. The van der Waals surface area contributed by atoms with E-state index in [2.05, 4.69) is 15.2 Å². The maximum atomic E-state index is 12.2. The van der Waals surface area contributed by atoms with Gasteiger partial charge in [0.1, 0.15) is 5.52 Å². The highest BCUT2D eigenvalue weighted by molar-refractivity contribution is 5.76. The van der Waals surface area contributed by atoms with Crippen molar-refractivity contribution in [3.8, 4) is 0 Å². The first-order valence-electron chi connectivity index (χ1n) is 6.89. The molecule has 1 fully saturated rings. The van der Waals surface area contributed by atoms with E-state index < -0.39 is 0 Å². The van der Waals surface area contributed by atoms with Gasteiger partial charge in [0.2, 0.25) is 0 Å². The molecule has 1 aliphatic heterocycles. The molecule has 0 saturated carbocycles. The van der Waals surface area contributed by atoms with Crippen LogP contribution >= 0.6 is 0 Å². The molecule has 2 heterocycles. The molecule has 1 saturated heterocycles. The Balaban J connectivity index is 1.77. The van der Waals surface area contributed by atoms with Crippen molar-refractivity contribution in [2.75, 3.05) is 19.6 Å². The summed E-state index contributed by atoms with van der Waals surface area (Å²) >= 11 is 0. The molecule has 0 bridgehead atoms. The maximum Gasteiger partial charge on any atom is 0.277 e. The Kier molecular flexibility index (Phi) is 3.55. The number of hydrogen-bond acceptors (Lipinski definition) is 4. The summed E-state index contributed by atoms with van der Waals surface area (Å²) in [5, 5.41) is 8.77. The molecule has 0 spiro atoms. The van der Waals surface area contributed by atoms with Crippen LogP contribution in [-0.4, -0.2) is 39.5 Å². The highest BCUT2D eigenvalue weighted by Gasteiger charge is 2.11. The van der Waals surface area contributed by atoms with E-state index in [0.29, 0.717) is 17.4 Å². The summed E-state index contributed by atoms with van der Waals surface area (Å²) in [4.78, 5) is 14.6.